The first kappa shape index (κ1) is 14.8. The van der Waals surface area contributed by atoms with Gasteiger partial charge < -0.3 is 9.84 Å². The molecule has 0 unspecified atom stereocenters. The van der Waals surface area contributed by atoms with Gasteiger partial charge in [0.15, 0.2) is 0 Å². The van der Waals surface area contributed by atoms with Crippen LogP contribution in [0.4, 0.5) is 5.69 Å². The first-order chi connectivity index (χ1) is 9.47. The predicted molar refractivity (Wildman–Crippen MR) is 75.8 cm³/mol. The van der Waals surface area contributed by atoms with Crippen molar-refractivity contribution in [1.29, 1.82) is 0 Å². The van der Waals surface area contributed by atoms with Crippen LogP contribution in [-0.4, -0.2) is 16.1 Å². The molecule has 1 aliphatic carbocycles. The molecule has 1 N–H and O–H groups in total. The highest BCUT2D eigenvalue weighted by atomic mass is 16.6. The number of nitro benzene ring substituents is 1. The van der Waals surface area contributed by atoms with Crippen molar-refractivity contribution in [3.05, 3.63) is 33.9 Å². The molecule has 1 aliphatic rings. The molecule has 0 heterocycles. The standard InChI is InChI=1S/C15H21NO4/c1-10-3-6-13(7-4-10)20-15-8-5-12(16(18)19)9-14(15)11(2)17/h5,8-11,13,17H,3-4,6-7H2,1-2H3/t10?,11-,13?/m0/s1. The van der Waals surface area contributed by atoms with E-state index in [0.717, 1.165) is 31.6 Å². The topological polar surface area (TPSA) is 72.6 Å². The van der Waals surface area contributed by atoms with Gasteiger partial charge in [0, 0.05) is 17.7 Å². The van der Waals surface area contributed by atoms with Crippen LogP contribution in [0.5, 0.6) is 5.75 Å². The van der Waals surface area contributed by atoms with Crippen molar-refractivity contribution in [1.82, 2.24) is 0 Å². The van der Waals surface area contributed by atoms with Crippen LogP contribution in [0, 0.1) is 16.0 Å². The Bertz CT molecular complexity index is 479. The van der Waals surface area contributed by atoms with Gasteiger partial charge >= 0.3 is 0 Å². The van der Waals surface area contributed by atoms with E-state index in [4.69, 9.17) is 4.74 Å². The van der Waals surface area contributed by atoms with E-state index in [0.29, 0.717) is 11.3 Å². The molecule has 5 heteroatoms. The molecule has 1 atom stereocenters. The van der Waals surface area contributed by atoms with Gasteiger partial charge in [-0.25, -0.2) is 0 Å². The summed E-state index contributed by atoms with van der Waals surface area (Å²) in [5.41, 5.74) is 0.461. The summed E-state index contributed by atoms with van der Waals surface area (Å²) in [5.74, 6) is 1.30. The van der Waals surface area contributed by atoms with E-state index < -0.39 is 11.0 Å². The van der Waals surface area contributed by atoms with Gasteiger partial charge in [-0.3, -0.25) is 10.1 Å². The fraction of sp³-hybridized carbons (Fsp3) is 0.600. The van der Waals surface area contributed by atoms with E-state index in [1.807, 2.05) is 0 Å². The van der Waals surface area contributed by atoms with Crippen LogP contribution >= 0.6 is 0 Å². The molecule has 5 nitrogen and oxygen atoms in total. The first-order valence-electron chi connectivity index (χ1n) is 7.10. The number of nitrogens with zero attached hydrogens (tertiary/aromatic N) is 1. The van der Waals surface area contributed by atoms with Crippen molar-refractivity contribution in [3.8, 4) is 5.75 Å². The molecule has 1 saturated carbocycles. The normalized spacial score (nSPS) is 24.1. The van der Waals surface area contributed by atoms with Gasteiger partial charge in [-0.1, -0.05) is 6.92 Å². The SMILES string of the molecule is CC1CCC(Oc2ccc([N+](=O)[O-])cc2[C@H](C)O)CC1. The second-order valence-electron chi connectivity index (χ2n) is 5.65. The lowest BCUT2D eigenvalue weighted by atomic mass is 9.89. The molecule has 0 spiro atoms. The van der Waals surface area contributed by atoms with Gasteiger partial charge in [-0.05, 0) is 44.6 Å². The molecule has 0 radical (unpaired) electrons. The zero-order valence-electron chi connectivity index (χ0n) is 11.9. The summed E-state index contributed by atoms with van der Waals surface area (Å²) >= 11 is 0. The van der Waals surface area contributed by atoms with Crippen LogP contribution in [0.15, 0.2) is 18.2 Å². The highest BCUT2D eigenvalue weighted by Crippen LogP contribution is 2.33. The second-order valence-corrected chi connectivity index (χ2v) is 5.65. The molecule has 0 amide bonds. The monoisotopic (exact) mass is 279 g/mol. The molecule has 0 aliphatic heterocycles. The molecule has 1 aromatic carbocycles. The van der Waals surface area contributed by atoms with Gasteiger partial charge in [0.25, 0.3) is 5.69 Å². The smallest absolute Gasteiger partial charge is 0.270 e. The molecule has 110 valence electrons. The molecule has 0 aromatic heterocycles. The van der Waals surface area contributed by atoms with Crippen molar-refractivity contribution in [2.75, 3.05) is 0 Å². The van der Waals surface area contributed by atoms with Gasteiger partial charge in [-0.15, -0.1) is 0 Å². The Balaban J connectivity index is 2.16. The van der Waals surface area contributed by atoms with Crippen molar-refractivity contribution >= 4 is 5.69 Å². The molecule has 0 saturated heterocycles. The Labute approximate surface area is 118 Å². The van der Waals surface area contributed by atoms with Crippen LogP contribution in [0.3, 0.4) is 0 Å². The third kappa shape index (κ3) is 3.48. The molecule has 2 rings (SSSR count). The summed E-state index contributed by atoms with van der Waals surface area (Å²) in [6.45, 7) is 3.83. The number of hydrogen-bond acceptors (Lipinski definition) is 4. The largest absolute Gasteiger partial charge is 0.490 e. The second kappa shape index (κ2) is 6.22. The fourth-order valence-electron chi connectivity index (χ4n) is 2.61. The quantitative estimate of drug-likeness (QED) is 0.675. The third-order valence-electron chi connectivity index (χ3n) is 3.91. The van der Waals surface area contributed by atoms with Gasteiger partial charge in [0.2, 0.25) is 0 Å². The van der Waals surface area contributed by atoms with E-state index in [1.165, 1.54) is 12.1 Å². The van der Waals surface area contributed by atoms with Crippen LogP contribution in [0.1, 0.15) is 51.2 Å². The highest BCUT2D eigenvalue weighted by Gasteiger charge is 2.22. The Hall–Kier alpha value is -1.62. The minimum absolute atomic E-state index is 0.0227. The minimum atomic E-state index is -0.785. The average molecular weight is 279 g/mol. The maximum Gasteiger partial charge on any atom is 0.270 e. The van der Waals surface area contributed by atoms with Crippen molar-refractivity contribution < 1.29 is 14.8 Å². The fourth-order valence-corrected chi connectivity index (χ4v) is 2.61. The highest BCUT2D eigenvalue weighted by molar-refractivity contribution is 5.44. The number of rotatable bonds is 4. The Morgan fingerprint density at radius 3 is 2.55 bits per heavy atom. The lowest BCUT2D eigenvalue weighted by Gasteiger charge is -2.28. The molecular formula is C15H21NO4. The maximum absolute atomic E-state index is 10.8. The molecule has 1 aromatic rings. The van der Waals surface area contributed by atoms with Crippen molar-refractivity contribution in [2.45, 2.75) is 51.7 Å². The zero-order chi connectivity index (χ0) is 14.7. The van der Waals surface area contributed by atoms with E-state index in [9.17, 15) is 15.2 Å². The minimum Gasteiger partial charge on any atom is -0.490 e. The lowest BCUT2D eigenvalue weighted by molar-refractivity contribution is -0.385. The zero-order valence-corrected chi connectivity index (χ0v) is 11.9. The third-order valence-corrected chi connectivity index (χ3v) is 3.91. The number of hydrogen-bond donors (Lipinski definition) is 1. The van der Waals surface area contributed by atoms with Crippen LogP contribution < -0.4 is 4.74 Å². The Kier molecular flexibility index (Phi) is 4.60. The van der Waals surface area contributed by atoms with Crippen LogP contribution in [0.25, 0.3) is 0 Å². The van der Waals surface area contributed by atoms with Crippen LogP contribution in [0.2, 0.25) is 0 Å². The van der Waals surface area contributed by atoms with E-state index in [1.54, 1.807) is 13.0 Å². The summed E-state index contributed by atoms with van der Waals surface area (Å²) in [7, 11) is 0. The van der Waals surface area contributed by atoms with Gasteiger partial charge in [0.05, 0.1) is 17.1 Å². The first-order valence-corrected chi connectivity index (χ1v) is 7.10. The molecule has 1 fully saturated rings. The molecule has 20 heavy (non-hydrogen) atoms. The van der Waals surface area contributed by atoms with E-state index in [-0.39, 0.29) is 11.8 Å². The van der Waals surface area contributed by atoms with E-state index in [2.05, 4.69) is 6.92 Å². The summed E-state index contributed by atoms with van der Waals surface area (Å²) in [5, 5.41) is 20.6. The summed E-state index contributed by atoms with van der Waals surface area (Å²) in [6, 6.07) is 4.41. The number of benzene rings is 1. The summed E-state index contributed by atoms with van der Waals surface area (Å²) < 4.78 is 5.95. The average Bonchev–Trinajstić information content (AvgIpc) is 2.41. The van der Waals surface area contributed by atoms with Gasteiger partial charge in [-0.2, -0.15) is 0 Å². The molecule has 0 bridgehead atoms. The molecular weight excluding hydrogens is 258 g/mol. The van der Waals surface area contributed by atoms with E-state index >= 15 is 0 Å². The Morgan fingerprint density at radius 1 is 1.35 bits per heavy atom. The Morgan fingerprint density at radius 2 is 2.00 bits per heavy atom. The maximum atomic E-state index is 10.8. The number of aliphatic hydroxyl groups is 1. The summed E-state index contributed by atoms with van der Waals surface area (Å²) in [6.07, 6.45) is 3.63. The van der Waals surface area contributed by atoms with Crippen molar-refractivity contribution in [3.63, 3.8) is 0 Å². The summed E-state index contributed by atoms with van der Waals surface area (Å²) in [4.78, 5) is 10.3. The lowest BCUT2D eigenvalue weighted by Crippen LogP contribution is -2.23. The predicted octanol–water partition coefficient (Wildman–Crippen LogP) is 3.61. The number of non-ortho nitro benzene ring substituents is 1. The number of nitro groups is 1. The number of aliphatic hydroxyl groups excluding tert-OH is 1. The van der Waals surface area contributed by atoms with Crippen LogP contribution in [-0.2, 0) is 0 Å². The van der Waals surface area contributed by atoms with Crippen molar-refractivity contribution in [2.24, 2.45) is 5.92 Å². The number of ether oxygens (including phenoxy) is 1. The van der Waals surface area contributed by atoms with Gasteiger partial charge in [0.1, 0.15) is 5.75 Å².